The van der Waals surface area contributed by atoms with Crippen LogP contribution in [0.3, 0.4) is 0 Å². The van der Waals surface area contributed by atoms with Crippen molar-refractivity contribution in [2.75, 3.05) is 0 Å². The van der Waals surface area contributed by atoms with Gasteiger partial charge < -0.3 is 14.7 Å². The Hall–Kier alpha value is -2.65. The minimum atomic E-state index is -1.31. The lowest BCUT2D eigenvalue weighted by molar-refractivity contribution is 0.0676. The lowest BCUT2D eigenvalue weighted by Gasteiger charge is -2.00. The maximum atomic E-state index is 11.2. The second-order valence-electron chi connectivity index (χ2n) is 4.47. The molecule has 0 amide bonds. The zero-order valence-electron chi connectivity index (χ0n) is 11.3. The quantitative estimate of drug-likeness (QED) is 0.723. The van der Waals surface area contributed by atoms with Gasteiger partial charge in [-0.05, 0) is 12.1 Å². The van der Waals surface area contributed by atoms with Crippen LogP contribution in [0.15, 0.2) is 28.8 Å². The Morgan fingerprint density at radius 3 is 2.65 bits per heavy atom. The third kappa shape index (κ3) is 3.10. The van der Waals surface area contributed by atoms with E-state index in [1.165, 1.54) is 11.3 Å². The minimum absolute atomic E-state index is 0.0302. The number of thiophene rings is 1. The van der Waals surface area contributed by atoms with Gasteiger partial charge in [-0.25, -0.2) is 9.59 Å². The molecule has 3 heterocycles. The first-order valence-electron chi connectivity index (χ1n) is 6.20. The average Bonchev–Trinajstić information content (AvgIpc) is 3.18. The maximum absolute atomic E-state index is 11.2. The highest BCUT2D eigenvalue weighted by Crippen LogP contribution is 2.31. The molecule has 118 valence electrons. The van der Waals surface area contributed by atoms with E-state index in [2.05, 4.69) is 10.3 Å². The number of hydrogen-bond acceptors (Lipinski definition) is 6. The predicted octanol–water partition coefficient (Wildman–Crippen LogP) is 2.70. The maximum Gasteiger partial charge on any atom is 0.356 e. The van der Waals surface area contributed by atoms with Crippen LogP contribution < -0.4 is 0 Å². The summed E-state index contributed by atoms with van der Waals surface area (Å²) in [5.74, 6) is -2.10. The standard InChI is InChI=1S/C13H8ClN3O5S/c14-11-2-1-10(23-11)9-3-6(16-22-9)5-17-8(13(20)21)4-7(15-17)12(18)19/h1-4H,5H2,(H,18,19)(H,20,21). The predicted molar refractivity (Wildman–Crippen MR) is 80.1 cm³/mol. The van der Waals surface area contributed by atoms with Crippen molar-refractivity contribution >= 4 is 34.9 Å². The summed E-state index contributed by atoms with van der Waals surface area (Å²) in [5.41, 5.74) is -0.186. The number of nitrogens with zero attached hydrogens (tertiary/aromatic N) is 3. The Balaban J connectivity index is 1.89. The van der Waals surface area contributed by atoms with Gasteiger partial charge in [0.15, 0.2) is 11.5 Å². The molecule has 0 aliphatic carbocycles. The molecule has 0 spiro atoms. The Morgan fingerprint density at radius 1 is 1.26 bits per heavy atom. The first-order valence-corrected chi connectivity index (χ1v) is 7.39. The molecule has 0 unspecified atom stereocenters. The molecule has 0 atom stereocenters. The van der Waals surface area contributed by atoms with Gasteiger partial charge in [0.2, 0.25) is 0 Å². The first-order chi connectivity index (χ1) is 10.9. The van der Waals surface area contributed by atoms with Crippen LogP contribution in [0.25, 0.3) is 10.6 Å². The molecule has 8 nitrogen and oxygen atoms in total. The number of hydrogen-bond donors (Lipinski definition) is 2. The zero-order valence-corrected chi connectivity index (χ0v) is 12.8. The zero-order chi connectivity index (χ0) is 16.6. The fraction of sp³-hybridized carbons (Fsp3) is 0.0769. The lowest BCUT2D eigenvalue weighted by atomic mass is 10.3. The van der Waals surface area contributed by atoms with Crippen molar-refractivity contribution in [3.8, 4) is 10.6 Å². The van der Waals surface area contributed by atoms with Crippen LogP contribution in [0.5, 0.6) is 0 Å². The lowest BCUT2D eigenvalue weighted by Crippen LogP contribution is -2.11. The van der Waals surface area contributed by atoms with E-state index in [0.717, 1.165) is 15.6 Å². The number of halogens is 1. The van der Waals surface area contributed by atoms with Crippen LogP contribution in [0.1, 0.15) is 26.7 Å². The molecule has 0 aliphatic rings. The summed E-state index contributed by atoms with van der Waals surface area (Å²) >= 11 is 7.17. The summed E-state index contributed by atoms with van der Waals surface area (Å²) in [6.45, 7) is -0.0302. The number of carboxylic acids is 2. The van der Waals surface area contributed by atoms with Crippen molar-refractivity contribution in [2.45, 2.75) is 6.54 Å². The third-order valence-corrected chi connectivity index (χ3v) is 4.15. The van der Waals surface area contributed by atoms with Gasteiger partial charge in [0.05, 0.1) is 15.8 Å². The van der Waals surface area contributed by atoms with Crippen molar-refractivity contribution < 1.29 is 24.3 Å². The van der Waals surface area contributed by atoms with Crippen molar-refractivity contribution in [1.29, 1.82) is 0 Å². The molecule has 0 saturated carbocycles. The van der Waals surface area contributed by atoms with E-state index in [0.29, 0.717) is 15.8 Å². The van der Waals surface area contributed by atoms with Crippen molar-refractivity contribution in [2.24, 2.45) is 0 Å². The molecular weight excluding hydrogens is 346 g/mol. The normalized spacial score (nSPS) is 10.8. The van der Waals surface area contributed by atoms with Crippen LogP contribution in [-0.4, -0.2) is 37.1 Å². The molecule has 3 aromatic heterocycles. The number of aromatic carboxylic acids is 2. The van der Waals surface area contributed by atoms with E-state index in [9.17, 15) is 9.59 Å². The summed E-state index contributed by atoms with van der Waals surface area (Å²) in [7, 11) is 0. The Labute approximate surface area is 137 Å². The van der Waals surface area contributed by atoms with Gasteiger partial charge in [-0.15, -0.1) is 11.3 Å². The summed E-state index contributed by atoms with van der Waals surface area (Å²) in [5, 5.41) is 25.6. The molecule has 0 aliphatic heterocycles. The van der Waals surface area contributed by atoms with Gasteiger partial charge in [-0.1, -0.05) is 16.8 Å². The van der Waals surface area contributed by atoms with Crippen LogP contribution >= 0.6 is 22.9 Å². The molecule has 0 aromatic carbocycles. The highest BCUT2D eigenvalue weighted by atomic mass is 35.5. The molecule has 10 heteroatoms. The number of carboxylic acid groups (broad SMARTS) is 2. The molecule has 3 aromatic rings. The van der Waals surface area contributed by atoms with Gasteiger partial charge in [0, 0.05) is 12.1 Å². The van der Waals surface area contributed by atoms with Gasteiger partial charge in [0.1, 0.15) is 11.4 Å². The Kier molecular flexibility index (Phi) is 3.89. The molecule has 3 rings (SSSR count). The molecule has 0 radical (unpaired) electrons. The van der Waals surface area contributed by atoms with E-state index < -0.39 is 11.9 Å². The third-order valence-electron chi connectivity index (χ3n) is 2.90. The molecule has 23 heavy (non-hydrogen) atoms. The van der Waals surface area contributed by atoms with E-state index in [1.54, 1.807) is 18.2 Å². The number of rotatable bonds is 5. The molecule has 0 bridgehead atoms. The summed E-state index contributed by atoms with van der Waals surface area (Å²) < 4.78 is 6.84. The summed E-state index contributed by atoms with van der Waals surface area (Å²) in [4.78, 5) is 22.9. The van der Waals surface area contributed by atoms with Gasteiger partial charge >= 0.3 is 11.9 Å². The Bertz CT molecular complexity index is 897. The van der Waals surface area contributed by atoms with Crippen molar-refractivity contribution in [3.05, 3.63) is 45.7 Å². The van der Waals surface area contributed by atoms with Crippen LogP contribution in [0.2, 0.25) is 4.34 Å². The molecule has 2 N–H and O–H groups in total. The van der Waals surface area contributed by atoms with E-state index >= 15 is 0 Å². The van der Waals surface area contributed by atoms with E-state index in [4.69, 9.17) is 26.3 Å². The number of aromatic nitrogens is 3. The highest BCUT2D eigenvalue weighted by molar-refractivity contribution is 7.19. The number of carbonyl (C=O) groups is 2. The SMILES string of the molecule is O=C(O)c1cc(C(=O)O)n(Cc2cc(-c3ccc(Cl)s3)on2)n1. The van der Waals surface area contributed by atoms with Crippen LogP contribution in [0.4, 0.5) is 0 Å². The summed E-state index contributed by atoms with van der Waals surface area (Å²) in [6.07, 6.45) is 0. The largest absolute Gasteiger partial charge is 0.477 e. The van der Waals surface area contributed by atoms with Crippen molar-refractivity contribution in [1.82, 2.24) is 14.9 Å². The molecular formula is C13H8ClN3O5S. The van der Waals surface area contributed by atoms with E-state index in [1.807, 2.05) is 0 Å². The smallest absolute Gasteiger partial charge is 0.356 e. The topological polar surface area (TPSA) is 118 Å². The Morgan fingerprint density at radius 2 is 2.04 bits per heavy atom. The summed E-state index contributed by atoms with van der Waals surface area (Å²) in [6, 6.07) is 6.11. The van der Waals surface area contributed by atoms with Gasteiger partial charge in [0.25, 0.3) is 0 Å². The monoisotopic (exact) mass is 353 g/mol. The van der Waals surface area contributed by atoms with Gasteiger partial charge in [-0.2, -0.15) is 5.10 Å². The average molecular weight is 354 g/mol. The van der Waals surface area contributed by atoms with Crippen LogP contribution in [0, 0.1) is 0 Å². The first kappa shape index (κ1) is 15.3. The van der Waals surface area contributed by atoms with Crippen LogP contribution in [-0.2, 0) is 6.54 Å². The second kappa shape index (κ2) is 5.86. The van der Waals surface area contributed by atoms with E-state index in [-0.39, 0.29) is 17.9 Å². The van der Waals surface area contributed by atoms with Gasteiger partial charge in [-0.3, -0.25) is 4.68 Å². The second-order valence-corrected chi connectivity index (χ2v) is 6.18. The molecule has 0 saturated heterocycles. The minimum Gasteiger partial charge on any atom is -0.477 e. The fourth-order valence-electron chi connectivity index (χ4n) is 1.92. The van der Waals surface area contributed by atoms with Crippen molar-refractivity contribution in [3.63, 3.8) is 0 Å². The molecule has 0 fully saturated rings. The highest BCUT2D eigenvalue weighted by Gasteiger charge is 2.19. The fourth-order valence-corrected chi connectivity index (χ4v) is 2.91.